The Morgan fingerprint density at radius 3 is 1.58 bits per heavy atom. The van der Waals surface area contributed by atoms with Crippen molar-refractivity contribution in [3.05, 3.63) is 150 Å². The standard InChI is InChI=1S/C57H53N3O2S3/c1-56(2,3)34-18-22-36(23-19-34)59-47-30-38(58-45-16-12-10-14-41(45)42-15-11-13-17-46(42)58)31-48-53(47)65(9,54-51(59)43-32-39(61-7)26-28-49(43)63-54)55-52(44-33-40(62-8)27-29-50(44)64-55)60(48)37-24-20-35(21-25-37)57(4,5)6/h10-20,22-24,26-33H,21,25H2,1-9H3. The van der Waals surface area contributed by atoms with E-state index in [1.807, 2.05) is 22.7 Å². The van der Waals surface area contributed by atoms with Gasteiger partial charge in [0, 0.05) is 47.2 Å². The number of nitrogens with zero attached hydrogens (tertiary/aromatic N) is 3. The third kappa shape index (κ3) is 5.89. The Labute approximate surface area is 391 Å². The van der Waals surface area contributed by atoms with Gasteiger partial charge in [0.05, 0.1) is 62.1 Å². The molecule has 1 unspecified atom stereocenters. The Balaban J connectivity index is 1.27. The fourth-order valence-corrected chi connectivity index (χ4v) is 18.3. The van der Waals surface area contributed by atoms with Crippen LogP contribution in [0.2, 0.25) is 0 Å². The highest BCUT2D eigenvalue weighted by atomic mass is 32.3. The average molecular weight is 908 g/mol. The molecule has 8 heteroatoms. The van der Waals surface area contributed by atoms with Gasteiger partial charge in [0.25, 0.3) is 0 Å². The molecule has 1 atom stereocenters. The number of methoxy groups -OCH3 is 2. The van der Waals surface area contributed by atoms with E-state index >= 15 is 0 Å². The van der Waals surface area contributed by atoms with E-state index in [2.05, 4.69) is 196 Å². The summed E-state index contributed by atoms with van der Waals surface area (Å²) in [6.45, 7) is 13.9. The SMILES string of the molecule is COc1ccc2sc3c(c2c1)N(C1=CC=C(C(C)(C)C)CC1)c1cc(-n2c4ccccc4c4ccccc42)cc2c1S3(C)c1sc3ccc(OC)cc3c1N2c1ccc(C(C)(C)C)cc1. The van der Waals surface area contributed by atoms with E-state index in [0.717, 1.165) is 35.7 Å². The van der Waals surface area contributed by atoms with Gasteiger partial charge in [-0.2, -0.15) is 0 Å². The largest absolute Gasteiger partial charge is 0.497 e. The van der Waals surface area contributed by atoms with E-state index in [1.165, 1.54) is 94.9 Å². The van der Waals surface area contributed by atoms with Gasteiger partial charge in [0.15, 0.2) is 0 Å². The Bertz CT molecular complexity index is 3460. The maximum absolute atomic E-state index is 6.00. The van der Waals surface area contributed by atoms with E-state index in [0.29, 0.717) is 0 Å². The molecule has 12 rings (SSSR count). The van der Waals surface area contributed by atoms with Crippen LogP contribution in [-0.4, -0.2) is 25.0 Å². The molecule has 5 nitrogen and oxygen atoms in total. The number of aromatic nitrogens is 1. The van der Waals surface area contributed by atoms with Crippen LogP contribution in [0.1, 0.15) is 59.9 Å². The molecule has 0 bridgehead atoms. The van der Waals surface area contributed by atoms with Crippen molar-refractivity contribution in [3.8, 4) is 17.2 Å². The smallest absolute Gasteiger partial charge is 0.119 e. The molecule has 0 radical (unpaired) electrons. The molecule has 0 saturated heterocycles. The summed E-state index contributed by atoms with van der Waals surface area (Å²) in [4.78, 5) is 6.69. The Morgan fingerprint density at radius 1 is 0.538 bits per heavy atom. The summed E-state index contributed by atoms with van der Waals surface area (Å²) in [6, 6.07) is 45.6. The summed E-state index contributed by atoms with van der Waals surface area (Å²) in [5.74, 6) is 1.74. The van der Waals surface area contributed by atoms with Crippen molar-refractivity contribution in [2.24, 2.45) is 5.41 Å². The van der Waals surface area contributed by atoms with Crippen molar-refractivity contribution < 1.29 is 9.47 Å². The van der Waals surface area contributed by atoms with Gasteiger partial charge in [-0.3, -0.25) is 0 Å². The predicted octanol–water partition coefficient (Wildman–Crippen LogP) is 17.3. The Morgan fingerprint density at radius 2 is 1.08 bits per heavy atom. The first-order valence-corrected chi connectivity index (χ1v) is 26.2. The molecule has 9 aromatic rings. The number of allylic oxidation sites excluding steroid dienone is 4. The topological polar surface area (TPSA) is 29.9 Å². The summed E-state index contributed by atoms with van der Waals surface area (Å²) < 4.78 is 19.9. The molecule has 0 spiro atoms. The van der Waals surface area contributed by atoms with Crippen LogP contribution in [0.25, 0.3) is 47.7 Å². The Hall–Kier alpha value is -5.93. The number of fused-ring (bicyclic) bond motifs is 11. The Kier molecular flexibility index (Phi) is 8.92. The summed E-state index contributed by atoms with van der Waals surface area (Å²) in [6.07, 6.45) is 9.39. The van der Waals surface area contributed by atoms with Crippen LogP contribution in [0.5, 0.6) is 11.5 Å². The first-order chi connectivity index (χ1) is 31.3. The van der Waals surface area contributed by atoms with Crippen molar-refractivity contribution in [2.75, 3.05) is 30.3 Å². The molecule has 0 saturated carbocycles. The van der Waals surface area contributed by atoms with Gasteiger partial charge in [-0.15, -0.1) is 32.7 Å². The molecule has 3 aromatic heterocycles. The van der Waals surface area contributed by atoms with Gasteiger partial charge in [-0.1, -0.05) is 102 Å². The second-order valence-corrected chi connectivity index (χ2v) is 25.6. The first kappa shape index (κ1) is 40.6. The molecule has 0 amide bonds. The molecule has 1 aliphatic carbocycles. The number of ether oxygens (including phenoxy) is 2. The van der Waals surface area contributed by atoms with Crippen LogP contribution in [0.15, 0.2) is 158 Å². The van der Waals surface area contributed by atoms with Crippen LogP contribution in [-0.2, 0) is 5.41 Å². The van der Waals surface area contributed by atoms with Crippen LogP contribution < -0.4 is 19.3 Å². The minimum absolute atomic E-state index is 0.0160. The zero-order valence-electron chi connectivity index (χ0n) is 38.5. The van der Waals surface area contributed by atoms with Gasteiger partial charge in [0.1, 0.15) is 11.5 Å². The number of benzene rings is 6. The monoisotopic (exact) mass is 907 g/mol. The molecule has 0 fully saturated rings. The summed E-state index contributed by atoms with van der Waals surface area (Å²) in [5.41, 5.74) is 13.9. The quantitative estimate of drug-likeness (QED) is 0.172. The van der Waals surface area contributed by atoms with Crippen LogP contribution >= 0.6 is 32.7 Å². The van der Waals surface area contributed by atoms with E-state index in [4.69, 9.17) is 9.47 Å². The van der Waals surface area contributed by atoms with Gasteiger partial charge in [-0.25, -0.2) is 0 Å². The number of anilines is 5. The molecule has 326 valence electrons. The van der Waals surface area contributed by atoms with Crippen molar-refractivity contribution in [1.82, 2.24) is 4.57 Å². The molecule has 0 N–H and O–H groups in total. The minimum atomic E-state index is -1.89. The van der Waals surface area contributed by atoms with Crippen LogP contribution in [0, 0.1) is 5.41 Å². The molecule has 6 aromatic carbocycles. The van der Waals surface area contributed by atoms with Crippen LogP contribution in [0.4, 0.5) is 28.4 Å². The summed E-state index contributed by atoms with van der Waals surface area (Å²) in [5, 5.41) is 4.96. The van der Waals surface area contributed by atoms with Gasteiger partial charge in [-0.05, 0) is 114 Å². The summed E-state index contributed by atoms with van der Waals surface area (Å²) >= 11 is 3.94. The first-order valence-electron chi connectivity index (χ1n) is 22.5. The fraction of sp³-hybridized carbons (Fsp3) is 0.228. The highest BCUT2D eigenvalue weighted by Crippen LogP contribution is 2.83. The van der Waals surface area contributed by atoms with E-state index in [1.54, 1.807) is 14.2 Å². The lowest BCUT2D eigenvalue weighted by Gasteiger charge is -2.51. The van der Waals surface area contributed by atoms with E-state index in [-0.39, 0.29) is 10.8 Å². The zero-order chi connectivity index (χ0) is 44.7. The summed E-state index contributed by atoms with van der Waals surface area (Å²) in [7, 11) is 1.67. The zero-order valence-corrected chi connectivity index (χ0v) is 40.9. The average Bonchev–Trinajstić information content (AvgIpc) is 3.99. The predicted molar refractivity (Wildman–Crippen MR) is 280 cm³/mol. The number of thiophene rings is 2. The highest BCUT2D eigenvalue weighted by Gasteiger charge is 2.50. The van der Waals surface area contributed by atoms with E-state index in [9.17, 15) is 0 Å². The highest BCUT2D eigenvalue weighted by molar-refractivity contribution is 8.36. The molecule has 5 heterocycles. The molecule has 65 heavy (non-hydrogen) atoms. The molecular weight excluding hydrogens is 855 g/mol. The minimum Gasteiger partial charge on any atom is -0.497 e. The van der Waals surface area contributed by atoms with Crippen molar-refractivity contribution >= 4 is 103 Å². The van der Waals surface area contributed by atoms with Crippen LogP contribution in [0.3, 0.4) is 0 Å². The molecular formula is C57H53N3O2S3. The number of para-hydroxylation sites is 2. The van der Waals surface area contributed by atoms with Crippen molar-refractivity contribution in [1.29, 1.82) is 0 Å². The van der Waals surface area contributed by atoms with Crippen molar-refractivity contribution in [3.63, 3.8) is 0 Å². The maximum Gasteiger partial charge on any atom is 0.119 e. The third-order valence-corrected chi connectivity index (χ3v) is 21.5. The number of hydrogen-bond donors (Lipinski definition) is 0. The van der Waals surface area contributed by atoms with Gasteiger partial charge >= 0.3 is 0 Å². The van der Waals surface area contributed by atoms with Crippen molar-refractivity contribution in [2.45, 2.75) is 73.1 Å². The van der Waals surface area contributed by atoms with Gasteiger partial charge in [0.2, 0.25) is 0 Å². The second-order valence-electron chi connectivity index (χ2n) is 19.9. The molecule has 3 aliphatic rings. The molecule has 2 aliphatic heterocycles. The number of rotatable bonds is 5. The lowest BCUT2D eigenvalue weighted by molar-refractivity contribution is 0.415. The normalized spacial score (nSPS) is 18.0. The second kappa shape index (κ2) is 14.3. The van der Waals surface area contributed by atoms with E-state index < -0.39 is 10.0 Å². The maximum atomic E-state index is 6.00. The third-order valence-electron chi connectivity index (χ3n) is 14.0. The number of hydrogen-bond acceptors (Lipinski definition) is 6. The fourth-order valence-electron chi connectivity index (χ4n) is 10.6. The van der Waals surface area contributed by atoms with Gasteiger partial charge < -0.3 is 23.8 Å². The lowest BCUT2D eigenvalue weighted by Crippen LogP contribution is -2.29. The lowest BCUT2D eigenvalue weighted by atomic mass is 9.81.